The largest absolute Gasteiger partial charge is 0.360 e. The molecule has 1 saturated heterocycles. The molecular weight excluding hydrogens is 452 g/mol. The Bertz CT molecular complexity index is 1040. The zero-order chi connectivity index (χ0) is 23.1. The maximum absolute atomic E-state index is 12.5. The summed E-state index contributed by atoms with van der Waals surface area (Å²) in [6, 6.07) is 8.33. The molecule has 11 heteroatoms. The molecule has 0 radical (unpaired) electrons. The highest BCUT2D eigenvalue weighted by atomic mass is 32.2. The van der Waals surface area contributed by atoms with Gasteiger partial charge < -0.3 is 14.7 Å². The van der Waals surface area contributed by atoms with Crippen molar-refractivity contribution in [2.75, 3.05) is 36.5 Å². The number of carbonyl (C=O) groups is 2. The van der Waals surface area contributed by atoms with Gasteiger partial charge in [-0.2, -0.15) is 0 Å². The molecule has 1 aromatic heterocycles. The average molecular weight is 481 g/mol. The molecule has 1 aliphatic heterocycles. The molecule has 0 saturated carbocycles. The second-order valence-corrected chi connectivity index (χ2v) is 10.6. The van der Waals surface area contributed by atoms with Crippen molar-refractivity contribution in [1.82, 2.24) is 14.8 Å². The van der Waals surface area contributed by atoms with E-state index in [1.54, 1.807) is 42.2 Å². The summed E-state index contributed by atoms with van der Waals surface area (Å²) in [4.78, 5) is 26.5. The van der Waals surface area contributed by atoms with Crippen LogP contribution < -0.4 is 10.0 Å². The van der Waals surface area contributed by atoms with Gasteiger partial charge in [-0.1, -0.05) is 22.9 Å². The molecule has 0 bridgehead atoms. The Morgan fingerprint density at radius 2 is 1.97 bits per heavy atom. The van der Waals surface area contributed by atoms with Crippen LogP contribution >= 0.6 is 11.8 Å². The van der Waals surface area contributed by atoms with Crippen LogP contribution in [0.5, 0.6) is 0 Å². The number of hydrogen-bond acceptors (Lipinski definition) is 7. The number of amides is 2. The van der Waals surface area contributed by atoms with Gasteiger partial charge in [-0.05, 0) is 44.7 Å². The summed E-state index contributed by atoms with van der Waals surface area (Å²) in [5.74, 6) is 1.02. The second kappa shape index (κ2) is 11.0. The molecule has 1 aromatic carbocycles. The molecular formula is C21H28N4O5S2. The predicted molar refractivity (Wildman–Crippen MR) is 123 cm³/mol. The molecule has 0 aliphatic carbocycles. The van der Waals surface area contributed by atoms with Gasteiger partial charge in [0.05, 0.1) is 16.4 Å². The van der Waals surface area contributed by atoms with Gasteiger partial charge in [-0.3, -0.25) is 9.59 Å². The summed E-state index contributed by atoms with van der Waals surface area (Å²) >= 11 is 1.23. The lowest BCUT2D eigenvalue weighted by atomic mass is 9.98. The molecule has 1 aliphatic rings. The second-order valence-electron chi connectivity index (χ2n) is 7.88. The highest BCUT2D eigenvalue weighted by molar-refractivity contribution is 8.00. The minimum atomic E-state index is -3.58. The van der Waals surface area contributed by atoms with Gasteiger partial charge in [0.1, 0.15) is 5.76 Å². The maximum atomic E-state index is 12.5. The Kier molecular flexibility index (Phi) is 8.32. The van der Waals surface area contributed by atoms with Gasteiger partial charge in [0.25, 0.3) is 0 Å². The van der Waals surface area contributed by atoms with E-state index < -0.39 is 10.0 Å². The Balaban J connectivity index is 1.41. The number of aryl methyl sites for hydroxylation is 2. The van der Waals surface area contributed by atoms with E-state index in [1.807, 2.05) is 6.92 Å². The fraction of sp³-hybridized carbons (Fsp3) is 0.476. The van der Waals surface area contributed by atoms with Crippen molar-refractivity contribution in [3.63, 3.8) is 0 Å². The third-order valence-corrected chi connectivity index (χ3v) is 7.48. The van der Waals surface area contributed by atoms with E-state index in [0.717, 1.165) is 18.4 Å². The molecule has 2 N–H and O–H groups in total. The first-order valence-corrected chi connectivity index (χ1v) is 13.0. The van der Waals surface area contributed by atoms with Crippen molar-refractivity contribution in [3.8, 4) is 0 Å². The fourth-order valence-corrected chi connectivity index (χ4v) is 5.25. The van der Waals surface area contributed by atoms with E-state index in [-0.39, 0.29) is 40.7 Å². The molecule has 1 unspecified atom stereocenters. The number of nitrogens with one attached hydrogen (secondary N) is 2. The smallest absolute Gasteiger partial charge is 0.240 e. The fourth-order valence-electron chi connectivity index (χ4n) is 3.41. The van der Waals surface area contributed by atoms with Crippen molar-refractivity contribution >= 4 is 39.4 Å². The van der Waals surface area contributed by atoms with Crippen LogP contribution in [-0.4, -0.2) is 61.4 Å². The summed E-state index contributed by atoms with van der Waals surface area (Å²) in [7, 11) is -3.58. The van der Waals surface area contributed by atoms with Crippen LogP contribution in [-0.2, 0) is 19.6 Å². The first-order valence-electron chi connectivity index (χ1n) is 10.4. The van der Waals surface area contributed by atoms with Crippen molar-refractivity contribution in [3.05, 3.63) is 41.7 Å². The Morgan fingerprint density at radius 1 is 1.22 bits per heavy atom. The van der Waals surface area contributed by atoms with E-state index in [4.69, 9.17) is 4.52 Å². The number of nitrogens with zero attached hydrogens (tertiary/aromatic N) is 2. The van der Waals surface area contributed by atoms with Gasteiger partial charge in [0, 0.05) is 25.7 Å². The average Bonchev–Trinajstić information content (AvgIpc) is 3.17. The van der Waals surface area contributed by atoms with Crippen LogP contribution in [0.25, 0.3) is 0 Å². The lowest BCUT2D eigenvalue weighted by molar-refractivity contribution is -0.130. The van der Waals surface area contributed by atoms with Gasteiger partial charge in [-0.25, -0.2) is 13.1 Å². The van der Waals surface area contributed by atoms with Crippen molar-refractivity contribution in [2.24, 2.45) is 5.92 Å². The molecule has 2 amide bonds. The highest BCUT2D eigenvalue weighted by Crippen LogP contribution is 2.18. The van der Waals surface area contributed by atoms with Crippen LogP contribution in [0.4, 0.5) is 5.82 Å². The monoisotopic (exact) mass is 480 g/mol. The third kappa shape index (κ3) is 7.07. The highest BCUT2D eigenvalue weighted by Gasteiger charge is 2.25. The first-order chi connectivity index (χ1) is 15.2. The van der Waals surface area contributed by atoms with Gasteiger partial charge >= 0.3 is 0 Å². The van der Waals surface area contributed by atoms with Gasteiger partial charge in [0.15, 0.2) is 5.82 Å². The Hall–Kier alpha value is -2.37. The zero-order valence-electron chi connectivity index (χ0n) is 18.2. The number of anilines is 1. The van der Waals surface area contributed by atoms with E-state index in [9.17, 15) is 18.0 Å². The predicted octanol–water partition coefficient (Wildman–Crippen LogP) is 2.18. The van der Waals surface area contributed by atoms with E-state index >= 15 is 0 Å². The topological polar surface area (TPSA) is 122 Å². The molecule has 1 atom stereocenters. The summed E-state index contributed by atoms with van der Waals surface area (Å²) in [5, 5.41) is 6.31. The number of thioether (sulfide) groups is 1. The third-order valence-electron chi connectivity index (χ3n) is 5.12. The van der Waals surface area contributed by atoms with Crippen LogP contribution in [0, 0.1) is 19.8 Å². The summed E-state index contributed by atoms with van der Waals surface area (Å²) in [6.45, 7) is 5.06. The van der Waals surface area contributed by atoms with Crippen LogP contribution in [0.2, 0.25) is 0 Å². The molecule has 0 spiro atoms. The molecule has 3 rings (SSSR count). The number of carbonyl (C=O) groups excluding carboxylic acids is 2. The summed E-state index contributed by atoms with van der Waals surface area (Å²) in [6.07, 6.45) is 1.67. The summed E-state index contributed by atoms with van der Waals surface area (Å²) in [5.41, 5.74) is 0.994. The minimum absolute atomic E-state index is 0.0498. The van der Waals surface area contributed by atoms with Gasteiger partial charge in [-0.15, -0.1) is 11.8 Å². The number of likely N-dealkylation sites (tertiary alicyclic amines) is 1. The lowest BCUT2D eigenvalue weighted by Crippen LogP contribution is -2.44. The molecule has 9 nitrogen and oxygen atoms in total. The SMILES string of the molecule is Cc1ccc(S(=O)(=O)NCC2CCCN(C(=O)CSCC(=O)Nc3cc(C)on3)C2)cc1. The Morgan fingerprint density at radius 3 is 2.66 bits per heavy atom. The first kappa shape index (κ1) is 24.3. The van der Waals surface area contributed by atoms with E-state index in [0.29, 0.717) is 24.7 Å². The molecule has 32 heavy (non-hydrogen) atoms. The number of hydrogen-bond donors (Lipinski definition) is 2. The Labute approximate surface area is 192 Å². The normalized spacial score (nSPS) is 16.7. The lowest BCUT2D eigenvalue weighted by Gasteiger charge is -2.32. The number of benzene rings is 1. The van der Waals surface area contributed by atoms with Crippen molar-refractivity contribution < 1.29 is 22.5 Å². The zero-order valence-corrected chi connectivity index (χ0v) is 19.8. The molecule has 1 fully saturated rings. The van der Waals surface area contributed by atoms with E-state index in [1.165, 1.54) is 11.8 Å². The number of aromatic nitrogens is 1. The van der Waals surface area contributed by atoms with Crippen molar-refractivity contribution in [1.29, 1.82) is 0 Å². The number of sulfonamides is 1. The molecule has 2 heterocycles. The van der Waals surface area contributed by atoms with Crippen LogP contribution in [0.15, 0.2) is 39.8 Å². The molecule has 174 valence electrons. The maximum Gasteiger partial charge on any atom is 0.240 e. The van der Waals surface area contributed by atoms with Crippen LogP contribution in [0.3, 0.4) is 0 Å². The van der Waals surface area contributed by atoms with Gasteiger partial charge in [0.2, 0.25) is 21.8 Å². The van der Waals surface area contributed by atoms with E-state index in [2.05, 4.69) is 15.2 Å². The van der Waals surface area contributed by atoms with Crippen molar-refractivity contribution in [2.45, 2.75) is 31.6 Å². The quantitative estimate of drug-likeness (QED) is 0.564. The standard InChI is InChI=1S/C21H28N4O5S2/c1-15-5-7-18(8-6-15)32(28,29)22-11-17-4-3-9-25(12-17)21(27)14-31-13-20(26)23-19-10-16(2)30-24-19/h5-8,10,17,22H,3-4,9,11-14H2,1-2H3,(H,23,24,26). The number of piperidine rings is 1. The molecule has 2 aromatic rings. The summed E-state index contributed by atoms with van der Waals surface area (Å²) < 4.78 is 32.6. The minimum Gasteiger partial charge on any atom is -0.360 e. The van der Waals surface area contributed by atoms with Crippen LogP contribution in [0.1, 0.15) is 24.2 Å². The number of rotatable bonds is 9.